The molecule has 0 saturated carbocycles. The highest BCUT2D eigenvalue weighted by molar-refractivity contribution is 5.80. The Hall–Kier alpha value is -1.73. The molecular formula is C10H13N5O2. The highest BCUT2D eigenvalue weighted by atomic mass is 16.7. The Morgan fingerprint density at radius 1 is 1.29 bits per heavy atom. The van der Waals surface area contributed by atoms with Gasteiger partial charge in [0.2, 0.25) is 0 Å². The van der Waals surface area contributed by atoms with Gasteiger partial charge in [0.1, 0.15) is 11.8 Å². The first kappa shape index (κ1) is 10.4. The Labute approximate surface area is 97.6 Å². The van der Waals surface area contributed by atoms with Crippen LogP contribution >= 0.6 is 0 Å². The third kappa shape index (κ3) is 1.94. The van der Waals surface area contributed by atoms with Gasteiger partial charge in [-0.1, -0.05) is 0 Å². The molecule has 7 nitrogen and oxygen atoms in total. The molecule has 1 fully saturated rings. The molecule has 0 amide bonds. The molecule has 3 heterocycles. The van der Waals surface area contributed by atoms with Crippen LogP contribution in [-0.4, -0.2) is 39.0 Å². The van der Waals surface area contributed by atoms with E-state index in [1.807, 2.05) is 4.57 Å². The molecule has 0 spiro atoms. The second kappa shape index (κ2) is 4.27. The largest absolute Gasteiger partial charge is 0.382 e. The van der Waals surface area contributed by atoms with Crippen LogP contribution in [0.25, 0.3) is 11.2 Å². The lowest BCUT2D eigenvalue weighted by molar-refractivity contribution is -0.0489. The van der Waals surface area contributed by atoms with Crippen molar-refractivity contribution < 1.29 is 9.47 Å². The lowest BCUT2D eigenvalue weighted by atomic mass is 10.4. The minimum atomic E-state index is -0.119. The van der Waals surface area contributed by atoms with Gasteiger partial charge in [-0.15, -0.1) is 0 Å². The first-order valence-electron chi connectivity index (χ1n) is 5.49. The van der Waals surface area contributed by atoms with Gasteiger partial charge in [-0.3, -0.25) is 0 Å². The maximum atomic E-state index is 5.71. The summed E-state index contributed by atoms with van der Waals surface area (Å²) in [6.07, 6.45) is 3.81. The van der Waals surface area contributed by atoms with Crippen LogP contribution in [0.15, 0.2) is 12.7 Å². The Bertz CT molecular complexity index is 520. The van der Waals surface area contributed by atoms with Crippen LogP contribution in [-0.2, 0) is 16.0 Å². The van der Waals surface area contributed by atoms with Crippen LogP contribution in [0.1, 0.15) is 6.42 Å². The van der Waals surface area contributed by atoms with Gasteiger partial charge in [0.25, 0.3) is 0 Å². The minimum absolute atomic E-state index is 0.119. The van der Waals surface area contributed by atoms with Crippen molar-refractivity contribution in [2.24, 2.45) is 0 Å². The Kier molecular flexibility index (Phi) is 2.62. The van der Waals surface area contributed by atoms with Crippen molar-refractivity contribution in [2.75, 3.05) is 18.9 Å². The normalized spacial score (nSPS) is 16.9. The zero-order valence-corrected chi connectivity index (χ0v) is 9.24. The quantitative estimate of drug-likeness (QED) is 0.816. The van der Waals surface area contributed by atoms with E-state index in [9.17, 15) is 0 Å². The number of hydrogen-bond donors (Lipinski definition) is 1. The first-order valence-corrected chi connectivity index (χ1v) is 5.49. The van der Waals surface area contributed by atoms with E-state index in [1.54, 1.807) is 6.33 Å². The van der Waals surface area contributed by atoms with E-state index >= 15 is 0 Å². The second-order valence-corrected chi connectivity index (χ2v) is 3.83. The van der Waals surface area contributed by atoms with Crippen molar-refractivity contribution in [1.82, 2.24) is 19.5 Å². The number of nitrogen functional groups attached to an aromatic ring is 1. The fourth-order valence-electron chi connectivity index (χ4n) is 1.88. The number of nitrogens with two attached hydrogens (primary N) is 1. The molecule has 0 unspecified atom stereocenters. The summed E-state index contributed by atoms with van der Waals surface area (Å²) < 4.78 is 12.7. The fraction of sp³-hybridized carbons (Fsp3) is 0.500. The van der Waals surface area contributed by atoms with Crippen LogP contribution in [0.5, 0.6) is 0 Å². The number of ether oxygens (including phenoxy) is 2. The number of anilines is 1. The zero-order valence-electron chi connectivity index (χ0n) is 9.24. The summed E-state index contributed by atoms with van der Waals surface area (Å²) in [6, 6.07) is 0. The van der Waals surface area contributed by atoms with Crippen LogP contribution < -0.4 is 5.73 Å². The lowest BCUT2D eigenvalue weighted by Gasteiger charge is -2.09. The van der Waals surface area contributed by atoms with E-state index in [0.29, 0.717) is 24.5 Å². The number of aromatic nitrogens is 4. The van der Waals surface area contributed by atoms with Crippen LogP contribution in [0, 0.1) is 0 Å². The SMILES string of the molecule is Nc1ncnc2c1ncn2CCC1OCCO1. The lowest BCUT2D eigenvalue weighted by Crippen LogP contribution is -2.11. The van der Waals surface area contributed by atoms with Gasteiger partial charge in [-0.25, -0.2) is 15.0 Å². The molecule has 2 aromatic heterocycles. The number of aryl methyl sites for hydroxylation is 1. The number of rotatable bonds is 3. The van der Waals surface area contributed by atoms with E-state index in [1.165, 1.54) is 6.33 Å². The van der Waals surface area contributed by atoms with Crippen molar-refractivity contribution in [2.45, 2.75) is 19.3 Å². The molecule has 0 atom stereocenters. The Balaban J connectivity index is 1.78. The van der Waals surface area contributed by atoms with Gasteiger partial charge in [0, 0.05) is 13.0 Å². The molecular weight excluding hydrogens is 222 g/mol. The average Bonchev–Trinajstić information content (AvgIpc) is 2.95. The summed E-state index contributed by atoms with van der Waals surface area (Å²) in [4.78, 5) is 12.3. The molecule has 0 bridgehead atoms. The zero-order chi connectivity index (χ0) is 11.7. The van der Waals surface area contributed by atoms with Crippen molar-refractivity contribution in [3.63, 3.8) is 0 Å². The molecule has 0 radical (unpaired) electrons. The van der Waals surface area contributed by atoms with E-state index < -0.39 is 0 Å². The number of imidazole rings is 1. The molecule has 0 aromatic carbocycles. The smallest absolute Gasteiger partial charge is 0.165 e. The molecule has 1 aliphatic rings. The third-order valence-electron chi connectivity index (χ3n) is 2.73. The second-order valence-electron chi connectivity index (χ2n) is 3.83. The highest BCUT2D eigenvalue weighted by Gasteiger charge is 2.16. The summed E-state index contributed by atoms with van der Waals surface area (Å²) in [5.74, 6) is 0.405. The fourth-order valence-corrected chi connectivity index (χ4v) is 1.88. The van der Waals surface area contributed by atoms with E-state index in [4.69, 9.17) is 15.2 Å². The molecule has 1 saturated heterocycles. The maximum Gasteiger partial charge on any atom is 0.165 e. The molecule has 3 rings (SSSR count). The van der Waals surface area contributed by atoms with Crippen molar-refractivity contribution >= 4 is 17.0 Å². The first-order chi connectivity index (χ1) is 8.34. The van der Waals surface area contributed by atoms with Crippen molar-refractivity contribution in [1.29, 1.82) is 0 Å². The van der Waals surface area contributed by atoms with Crippen molar-refractivity contribution in [3.8, 4) is 0 Å². The van der Waals surface area contributed by atoms with Gasteiger partial charge in [0.05, 0.1) is 19.5 Å². The monoisotopic (exact) mass is 235 g/mol. The van der Waals surface area contributed by atoms with Gasteiger partial charge >= 0.3 is 0 Å². The number of nitrogens with zero attached hydrogens (tertiary/aromatic N) is 4. The molecule has 1 aliphatic heterocycles. The molecule has 0 aliphatic carbocycles. The predicted molar refractivity (Wildman–Crippen MR) is 60.0 cm³/mol. The third-order valence-corrected chi connectivity index (χ3v) is 2.73. The predicted octanol–water partition coefficient (Wildman–Crippen LogP) is 0.171. The molecule has 2 N–H and O–H groups in total. The van der Waals surface area contributed by atoms with E-state index in [0.717, 1.165) is 18.6 Å². The van der Waals surface area contributed by atoms with Crippen LogP contribution in [0.2, 0.25) is 0 Å². The minimum Gasteiger partial charge on any atom is -0.382 e. The molecule has 90 valence electrons. The Morgan fingerprint density at radius 3 is 2.94 bits per heavy atom. The molecule has 7 heteroatoms. The van der Waals surface area contributed by atoms with Gasteiger partial charge in [-0.05, 0) is 0 Å². The van der Waals surface area contributed by atoms with Crippen LogP contribution in [0.4, 0.5) is 5.82 Å². The Morgan fingerprint density at radius 2 is 2.12 bits per heavy atom. The van der Waals surface area contributed by atoms with Gasteiger partial charge in [-0.2, -0.15) is 0 Å². The number of fused-ring (bicyclic) bond motifs is 1. The summed E-state index contributed by atoms with van der Waals surface area (Å²) in [5, 5.41) is 0. The summed E-state index contributed by atoms with van der Waals surface area (Å²) in [6.45, 7) is 2.08. The van der Waals surface area contributed by atoms with Crippen LogP contribution in [0.3, 0.4) is 0 Å². The standard InChI is InChI=1S/C10H13N5O2/c11-9-8-10(13-5-12-9)15(6-14-8)2-1-7-16-3-4-17-7/h5-7H,1-4H2,(H2,11,12,13). The summed E-state index contributed by atoms with van der Waals surface area (Å²) in [7, 11) is 0. The number of hydrogen-bond acceptors (Lipinski definition) is 6. The average molecular weight is 235 g/mol. The maximum absolute atomic E-state index is 5.71. The van der Waals surface area contributed by atoms with Gasteiger partial charge < -0.3 is 19.8 Å². The molecule has 17 heavy (non-hydrogen) atoms. The highest BCUT2D eigenvalue weighted by Crippen LogP contribution is 2.16. The summed E-state index contributed by atoms with van der Waals surface area (Å²) in [5.41, 5.74) is 7.10. The topological polar surface area (TPSA) is 88.1 Å². The van der Waals surface area contributed by atoms with Gasteiger partial charge in [0.15, 0.2) is 17.8 Å². The molecule has 2 aromatic rings. The summed E-state index contributed by atoms with van der Waals surface area (Å²) >= 11 is 0. The van der Waals surface area contributed by atoms with Crippen molar-refractivity contribution in [3.05, 3.63) is 12.7 Å². The van der Waals surface area contributed by atoms with E-state index in [2.05, 4.69) is 15.0 Å². The van der Waals surface area contributed by atoms with E-state index in [-0.39, 0.29) is 6.29 Å².